The Hall–Kier alpha value is -1.85. The molecule has 6 heteroatoms. The van der Waals surface area contributed by atoms with E-state index in [9.17, 15) is 9.59 Å². The zero-order chi connectivity index (χ0) is 15.0. The molecule has 20 heavy (non-hydrogen) atoms. The van der Waals surface area contributed by atoms with Crippen molar-refractivity contribution in [2.45, 2.75) is 44.9 Å². The second kappa shape index (κ2) is 8.35. The predicted octanol–water partition coefficient (Wildman–Crippen LogP) is 2.24. The van der Waals surface area contributed by atoms with Gasteiger partial charge in [-0.3, -0.25) is 14.6 Å². The molecule has 0 aliphatic heterocycles. The molecule has 1 aliphatic carbocycles. The van der Waals surface area contributed by atoms with Crippen molar-refractivity contribution in [3.8, 4) is 0 Å². The van der Waals surface area contributed by atoms with Gasteiger partial charge in [-0.05, 0) is 37.7 Å². The summed E-state index contributed by atoms with van der Waals surface area (Å²) in [4.78, 5) is 25.5. The van der Waals surface area contributed by atoms with Crippen LogP contribution in [0, 0.1) is 0 Å². The summed E-state index contributed by atoms with van der Waals surface area (Å²) in [6, 6.07) is 0. The van der Waals surface area contributed by atoms with Crippen LogP contribution in [0.15, 0.2) is 16.3 Å². The van der Waals surface area contributed by atoms with Gasteiger partial charge in [0.05, 0.1) is 12.8 Å². The summed E-state index contributed by atoms with van der Waals surface area (Å²) in [6.07, 6.45) is 4.89. The highest BCUT2D eigenvalue weighted by Crippen LogP contribution is 2.25. The van der Waals surface area contributed by atoms with Crippen LogP contribution in [0.1, 0.15) is 44.9 Å². The minimum atomic E-state index is -0.984. The number of aliphatic imine (C=N–C) groups is 1. The first-order valence-corrected chi connectivity index (χ1v) is 6.78. The second-order valence-corrected chi connectivity index (χ2v) is 4.75. The molecule has 6 nitrogen and oxygen atoms in total. The van der Waals surface area contributed by atoms with E-state index in [4.69, 9.17) is 14.9 Å². The Morgan fingerprint density at radius 2 is 1.85 bits per heavy atom. The van der Waals surface area contributed by atoms with Crippen LogP contribution >= 0.6 is 0 Å². The minimum Gasteiger partial charge on any atom is -0.495 e. The van der Waals surface area contributed by atoms with Crippen molar-refractivity contribution >= 4 is 17.7 Å². The monoisotopic (exact) mass is 283 g/mol. The van der Waals surface area contributed by atoms with Crippen molar-refractivity contribution in [2.24, 2.45) is 4.99 Å². The Balaban J connectivity index is 3.00. The number of carbonyl (C=O) groups is 2. The number of hydrogen-bond donors (Lipinski definition) is 2. The molecule has 0 spiro atoms. The minimum absolute atomic E-state index is 0.0500. The zero-order valence-electron chi connectivity index (χ0n) is 11.7. The highest BCUT2D eigenvalue weighted by Gasteiger charge is 2.18. The molecule has 0 aromatic rings. The van der Waals surface area contributed by atoms with Gasteiger partial charge >= 0.3 is 11.9 Å². The van der Waals surface area contributed by atoms with Crippen LogP contribution in [-0.4, -0.2) is 41.5 Å². The second-order valence-electron chi connectivity index (χ2n) is 4.75. The normalized spacial score (nSPS) is 22.1. The summed E-state index contributed by atoms with van der Waals surface area (Å²) in [5.74, 6) is -1.24. The van der Waals surface area contributed by atoms with Gasteiger partial charge < -0.3 is 14.9 Å². The largest absolute Gasteiger partial charge is 0.495 e. The molecule has 0 saturated carbocycles. The van der Waals surface area contributed by atoms with Gasteiger partial charge in [0.15, 0.2) is 0 Å². The lowest BCUT2D eigenvalue weighted by Gasteiger charge is -2.19. The zero-order valence-corrected chi connectivity index (χ0v) is 11.7. The highest BCUT2D eigenvalue weighted by atomic mass is 16.5. The van der Waals surface area contributed by atoms with E-state index in [1.807, 2.05) is 0 Å². The van der Waals surface area contributed by atoms with E-state index >= 15 is 0 Å². The molecule has 2 N–H and O–H groups in total. The number of nitrogens with zero attached hydrogens (tertiary/aromatic N) is 1. The Bertz CT molecular complexity index is 425. The number of allylic oxidation sites excluding steroid dienone is 2. The van der Waals surface area contributed by atoms with Gasteiger partial charge in [0, 0.05) is 6.42 Å². The molecular formula is C14H21NO5. The molecule has 0 amide bonds. The summed E-state index contributed by atoms with van der Waals surface area (Å²) < 4.78 is 5.38. The number of carboxylic acid groups (broad SMARTS) is 2. The van der Waals surface area contributed by atoms with Crippen LogP contribution in [0.5, 0.6) is 0 Å². The molecule has 0 radical (unpaired) electrons. The summed E-state index contributed by atoms with van der Waals surface area (Å²) in [7, 11) is 1.52. The molecule has 0 bridgehead atoms. The van der Waals surface area contributed by atoms with Gasteiger partial charge in [-0.2, -0.15) is 0 Å². The van der Waals surface area contributed by atoms with E-state index in [0.717, 1.165) is 31.3 Å². The first kappa shape index (κ1) is 16.2. The molecule has 0 unspecified atom stereocenters. The molecule has 1 rings (SSSR count). The lowest BCUT2D eigenvalue weighted by molar-refractivity contribution is -0.137. The van der Waals surface area contributed by atoms with Gasteiger partial charge in [-0.15, -0.1) is 0 Å². The third-order valence-electron chi connectivity index (χ3n) is 3.23. The van der Waals surface area contributed by atoms with Gasteiger partial charge in [-0.25, -0.2) is 0 Å². The molecule has 0 fully saturated rings. The fraction of sp³-hybridized carbons (Fsp3) is 0.643. The average molecular weight is 283 g/mol. The molecule has 1 aliphatic rings. The summed E-state index contributed by atoms with van der Waals surface area (Å²) in [5, 5.41) is 17.5. The Kier molecular flexibility index (Phi) is 6.76. The number of ether oxygens (including phenoxy) is 1. The van der Waals surface area contributed by atoms with Crippen molar-refractivity contribution in [3.05, 3.63) is 11.3 Å². The van der Waals surface area contributed by atoms with Gasteiger partial charge in [0.2, 0.25) is 0 Å². The Morgan fingerprint density at radius 1 is 1.15 bits per heavy atom. The quantitative estimate of drug-likeness (QED) is 0.779. The van der Waals surface area contributed by atoms with E-state index in [2.05, 4.69) is 4.99 Å². The average Bonchev–Trinajstić information content (AvgIpc) is 2.36. The van der Waals surface area contributed by atoms with Crippen molar-refractivity contribution in [1.29, 1.82) is 0 Å². The molecule has 0 saturated heterocycles. The Labute approximate surface area is 118 Å². The van der Waals surface area contributed by atoms with E-state index in [1.54, 1.807) is 0 Å². The SMILES string of the molecule is CO/C1=C(\CCC(=O)O)CCCCCC1=NCC(=O)O. The first-order chi connectivity index (χ1) is 9.54. The third-order valence-corrected chi connectivity index (χ3v) is 3.23. The van der Waals surface area contributed by atoms with E-state index in [-0.39, 0.29) is 13.0 Å². The molecular weight excluding hydrogens is 262 g/mol. The van der Waals surface area contributed by atoms with Crippen LogP contribution in [0.2, 0.25) is 0 Å². The maximum Gasteiger partial charge on any atom is 0.325 e. The third kappa shape index (κ3) is 5.42. The van der Waals surface area contributed by atoms with Crippen molar-refractivity contribution < 1.29 is 24.5 Å². The van der Waals surface area contributed by atoms with Gasteiger partial charge in [0.1, 0.15) is 12.3 Å². The topological polar surface area (TPSA) is 96.2 Å². The van der Waals surface area contributed by atoms with Crippen LogP contribution in [0.4, 0.5) is 0 Å². The lowest BCUT2D eigenvalue weighted by atomic mass is 9.94. The summed E-state index contributed by atoms with van der Waals surface area (Å²) >= 11 is 0. The van der Waals surface area contributed by atoms with E-state index in [1.165, 1.54) is 7.11 Å². The van der Waals surface area contributed by atoms with Crippen LogP contribution in [-0.2, 0) is 14.3 Å². The van der Waals surface area contributed by atoms with Gasteiger partial charge in [0.25, 0.3) is 0 Å². The molecule has 0 heterocycles. The Morgan fingerprint density at radius 3 is 2.45 bits per heavy atom. The maximum absolute atomic E-state index is 10.7. The molecule has 0 aromatic heterocycles. The molecule has 0 atom stereocenters. The van der Waals surface area contributed by atoms with Crippen molar-refractivity contribution in [1.82, 2.24) is 0 Å². The van der Waals surface area contributed by atoms with Crippen LogP contribution in [0.25, 0.3) is 0 Å². The molecule has 0 aromatic carbocycles. The summed E-state index contributed by atoms with van der Waals surface area (Å²) in [5.41, 5.74) is 1.58. The smallest absolute Gasteiger partial charge is 0.325 e. The highest BCUT2D eigenvalue weighted by molar-refractivity contribution is 6.00. The number of rotatable bonds is 6. The summed E-state index contributed by atoms with van der Waals surface area (Å²) in [6.45, 7) is -0.283. The van der Waals surface area contributed by atoms with E-state index in [0.29, 0.717) is 24.3 Å². The van der Waals surface area contributed by atoms with Crippen LogP contribution < -0.4 is 0 Å². The predicted molar refractivity (Wildman–Crippen MR) is 73.9 cm³/mol. The number of aliphatic carboxylic acids is 2. The molecule has 112 valence electrons. The number of hydrogen-bond acceptors (Lipinski definition) is 4. The van der Waals surface area contributed by atoms with Crippen molar-refractivity contribution in [3.63, 3.8) is 0 Å². The van der Waals surface area contributed by atoms with E-state index < -0.39 is 11.9 Å². The van der Waals surface area contributed by atoms with Crippen molar-refractivity contribution in [2.75, 3.05) is 13.7 Å². The lowest BCUT2D eigenvalue weighted by Crippen LogP contribution is -2.14. The standard InChI is InChI=1S/C14H21NO5/c1-20-14-10(7-8-12(16)17)5-3-2-4-6-11(14)15-9-13(18)19/h2-9H2,1H3,(H,16,17)(H,18,19)/b14-10-,15-11?. The van der Waals surface area contributed by atoms with Gasteiger partial charge in [-0.1, -0.05) is 6.42 Å². The maximum atomic E-state index is 10.7. The fourth-order valence-corrected chi connectivity index (χ4v) is 2.31. The van der Waals surface area contributed by atoms with Crippen LogP contribution in [0.3, 0.4) is 0 Å². The number of methoxy groups -OCH3 is 1. The number of carboxylic acids is 2. The first-order valence-electron chi connectivity index (χ1n) is 6.78. The fourth-order valence-electron chi connectivity index (χ4n) is 2.31.